The number of aromatic hydroxyl groups is 1. The molecule has 0 amide bonds. The topological polar surface area (TPSA) is 66.4 Å². The summed E-state index contributed by atoms with van der Waals surface area (Å²) < 4.78 is 60.7. The molecule has 0 fully saturated rings. The van der Waals surface area contributed by atoms with Gasteiger partial charge in [0.1, 0.15) is 5.75 Å². The number of benzene rings is 1. The lowest BCUT2D eigenvalue weighted by Crippen LogP contribution is -2.26. The zero-order valence-corrected chi connectivity index (χ0v) is 10.8. The number of hydrogen-bond donors (Lipinski definition) is 2. The Hall–Kier alpha value is -1.28. The Labute approximate surface area is 109 Å². The van der Waals surface area contributed by atoms with E-state index >= 15 is 0 Å². The summed E-state index contributed by atoms with van der Waals surface area (Å²) in [4.78, 5) is 0. The van der Waals surface area contributed by atoms with Crippen LogP contribution in [0.5, 0.6) is 5.75 Å². The molecule has 0 radical (unpaired) electrons. The highest BCUT2D eigenvalue weighted by Crippen LogP contribution is 2.21. The molecule has 0 atom stereocenters. The van der Waals surface area contributed by atoms with Crippen molar-refractivity contribution in [3.8, 4) is 5.75 Å². The van der Waals surface area contributed by atoms with Gasteiger partial charge >= 0.3 is 6.18 Å². The van der Waals surface area contributed by atoms with Gasteiger partial charge in [-0.3, -0.25) is 0 Å². The summed E-state index contributed by atoms with van der Waals surface area (Å²) in [7, 11) is -3.75. The van der Waals surface area contributed by atoms with E-state index in [1.807, 2.05) is 0 Å². The second kappa shape index (κ2) is 6.25. The van der Waals surface area contributed by atoms with Crippen LogP contribution in [-0.2, 0) is 16.6 Å². The maximum Gasteiger partial charge on any atom is 0.389 e. The summed E-state index contributed by atoms with van der Waals surface area (Å²) in [5, 5.41) is 9.17. The SMILES string of the molecule is O=S(=O)(CCCC(F)(F)F)NCc1cccc(O)c1. The molecule has 108 valence electrons. The predicted molar refractivity (Wildman–Crippen MR) is 64.0 cm³/mol. The third kappa shape index (κ3) is 7.02. The molecular weight excluding hydrogens is 283 g/mol. The number of hydrogen-bond acceptors (Lipinski definition) is 3. The highest BCUT2D eigenvalue weighted by Gasteiger charge is 2.27. The molecule has 0 saturated heterocycles. The Morgan fingerprint density at radius 1 is 1.26 bits per heavy atom. The lowest BCUT2D eigenvalue weighted by molar-refractivity contribution is -0.134. The van der Waals surface area contributed by atoms with Gasteiger partial charge in [-0.05, 0) is 24.1 Å². The number of halogens is 3. The zero-order chi connectivity index (χ0) is 14.5. The van der Waals surface area contributed by atoms with Crippen molar-refractivity contribution < 1.29 is 26.7 Å². The first-order chi connectivity index (χ1) is 8.68. The molecule has 8 heteroatoms. The minimum absolute atomic E-state index is 0.00577. The second-order valence-electron chi connectivity index (χ2n) is 4.03. The second-order valence-corrected chi connectivity index (χ2v) is 5.96. The van der Waals surface area contributed by atoms with Crippen molar-refractivity contribution in [1.82, 2.24) is 4.72 Å². The minimum Gasteiger partial charge on any atom is -0.508 e. The Kier molecular flexibility index (Phi) is 5.19. The van der Waals surface area contributed by atoms with Crippen molar-refractivity contribution in [2.75, 3.05) is 5.75 Å². The highest BCUT2D eigenvalue weighted by atomic mass is 32.2. The van der Waals surface area contributed by atoms with Crippen molar-refractivity contribution in [2.45, 2.75) is 25.6 Å². The Balaban J connectivity index is 2.43. The molecule has 1 aromatic rings. The van der Waals surface area contributed by atoms with Crippen molar-refractivity contribution >= 4 is 10.0 Å². The maximum atomic E-state index is 11.9. The third-order valence-corrected chi connectivity index (χ3v) is 3.69. The molecule has 1 aromatic carbocycles. The van der Waals surface area contributed by atoms with Crippen LogP contribution in [0.4, 0.5) is 13.2 Å². The van der Waals surface area contributed by atoms with E-state index in [-0.39, 0.29) is 12.3 Å². The number of sulfonamides is 1. The lowest BCUT2D eigenvalue weighted by Gasteiger charge is -2.08. The normalized spacial score (nSPS) is 12.6. The molecule has 0 bridgehead atoms. The van der Waals surface area contributed by atoms with Gasteiger partial charge in [0, 0.05) is 13.0 Å². The summed E-state index contributed by atoms with van der Waals surface area (Å²) in [5.74, 6) is -0.584. The molecule has 0 heterocycles. The zero-order valence-electron chi connectivity index (χ0n) is 9.94. The number of phenolic OH excluding ortho intramolecular Hbond substituents is 1. The van der Waals surface area contributed by atoms with Crippen LogP contribution in [0.3, 0.4) is 0 Å². The fourth-order valence-electron chi connectivity index (χ4n) is 1.39. The first kappa shape index (κ1) is 15.8. The monoisotopic (exact) mass is 297 g/mol. The molecule has 19 heavy (non-hydrogen) atoms. The molecule has 1 rings (SSSR count). The van der Waals surface area contributed by atoms with E-state index in [9.17, 15) is 26.7 Å². The van der Waals surface area contributed by atoms with E-state index in [1.54, 1.807) is 12.1 Å². The molecular formula is C11H14F3NO3S. The van der Waals surface area contributed by atoms with Gasteiger partial charge in [-0.2, -0.15) is 13.2 Å². The van der Waals surface area contributed by atoms with Crippen LogP contribution in [0, 0.1) is 0 Å². The lowest BCUT2D eigenvalue weighted by atomic mass is 10.2. The van der Waals surface area contributed by atoms with E-state index in [4.69, 9.17) is 0 Å². The largest absolute Gasteiger partial charge is 0.508 e. The van der Waals surface area contributed by atoms with Gasteiger partial charge in [0.2, 0.25) is 10.0 Å². The molecule has 0 saturated carbocycles. The van der Waals surface area contributed by atoms with Crippen LogP contribution in [0.2, 0.25) is 0 Å². The Morgan fingerprint density at radius 2 is 1.95 bits per heavy atom. The number of phenols is 1. The molecule has 0 unspecified atom stereocenters. The van der Waals surface area contributed by atoms with E-state index in [0.29, 0.717) is 5.56 Å². The number of alkyl halides is 3. The molecule has 0 aliphatic heterocycles. The van der Waals surface area contributed by atoms with Gasteiger partial charge in [-0.25, -0.2) is 13.1 Å². The molecule has 0 spiro atoms. The molecule has 0 aliphatic rings. The molecule has 0 aromatic heterocycles. The van der Waals surface area contributed by atoms with Crippen molar-refractivity contribution in [3.05, 3.63) is 29.8 Å². The number of rotatable bonds is 6. The molecule has 4 nitrogen and oxygen atoms in total. The van der Waals surface area contributed by atoms with E-state index in [0.717, 1.165) is 0 Å². The molecule has 2 N–H and O–H groups in total. The van der Waals surface area contributed by atoms with E-state index in [2.05, 4.69) is 4.72 Å². The average molecular weight is 297 g/mol. The first-order valence-electron chi connectivity index (χ1n) is 5.50. The van der Waals surface area contributed by atoms with Crippen LogP contribution in [0.1, 0.15) is 18.4 Å². The predicted octanol–water partition coefficient (Wildman–Crippen LogP) is 2.15. The smallest absolute Gasteiger partial charge is 0.389 e. The summed E-state index contributed by atoms with van der Waals surface area (Å²) in [6, 6.07) is 5.94. The van der Waals surface area contributed by atoms with Gasteiger partial charge in [0.25, 0.3) is 0 Å². The Morgan fingerprint density at radius 3 is 2.53 bits per heavy atom. The van der Waals surface area contributed by atoms with Gasteiger partial charge in [0.15, 0.2) is 0 Å². The van der Waals surface area contributed by atoms with E-state index in [1.165, 1.54) is 12.1 Å². The van der Waals surface area contributed by atoms with Crippen molar-refractivity contribution in [2.24, 2.45) is 0 Å². The minimum atomic E-state index is -4.35. The summed E-state index contributed by atoms with van der Waals surface area (Å²) >= 11 is 0. The van der Waals surface area contributed by atoms with Crippen LogP contribution in [-0.4, -0.2) is 25.5 Å². The number of nitrogens with one attached hydrogen (secondary N) is 1. The average Bonchev–Trinajstić information content (AvgIpc) is 2.24. The van der Waals surface area contributed by atoms with Crippen molar-refractivity contribution in [1.29, 1.82) is 0 Å². The van der Waals surface area contributed by atoms with Gasteiger partial charge in [0.05, 0.1) is 5.75 Å². The fraction of sp³-hybridized carbons (Fsp3) is 0.455. The summed E-state index contributed by atoms with van der Waals surface area (Å²) in [6.07, 6.45) is -5.94. The third-order valence-electron chi connectivity index (χ3n) is 2.28. The Bertz CT molecular complexity index is 514. The van der Waals surface area contributed by atoms with Crippen LogP contribution >= 0.6 is 0 Å². The van der Waals surface area contributed by atoms with Crippen LogP contribution in [0.25, 0.3) is 0 Å². The maximum absolute atomic E-state index is 11.9. The highest BCUT2D eigenvalue weighted by molar-refractivity contribution is 7.89. The first-order valence-corrected chi connectivity index (χ1v) is 7.15. The fourth-order valence-corrected chi connectivity index (χ4v) is 2.45. The van der Waals surface area contributed by atoms with Crippen molar-refractivity contribution in [3.63, 3.8) is 0 Å². The van der Waals surface area contributed by atoms with Crippen LogP contribution < -0.4 is 4.72 Å². The summed E-state index contributed by atoms with van der Waals surface area (Å²) in [5.41, 5.74) is 0.527. The van der Waals surface area contributed by atoms with Gasteiger partial charge in [-0.15, -0.1) is 0 Å². The summed E-state index contributed by atoms with van der Waals surface area (Å²) in [6.45, 7) is -0.0667. The quantitative estimate of drug-likeness (QED) is 0.845. The van der Waals surface area contributed by atoms with E-state index < -0.39 is 34.8 Å². The van der Waals surface area contributed by atoms with Gasteiger partial charge in [-0.1, -0.05) is 12.1 Å². The standard InChI is InChI=1S/C11H14F3NO3S/c12-11(13,14)5-2-6-19(17,18)15-8-9-3-1-4-10(16)7-9/h1,3-4,7,15-16H,2,5-6,8H2. The molecule has 0 aliphatic carbocycles. The van der Waals surface area contributed by atoms with Gasteiger partial charge < -0.3 is 5.11 Å². The van der Waals surface area contributed by atoms with Crippen LogP contribution in [0.15, 0.2) is 24.3 Å².